The number of nitrogens with zero attached hydrogens (tertiary/aromatic N) is 1. The summed E-state index contributed by atoms with van der Waals surface area (Å²) in [6.07, 6.45) is 10.6. The van der Waals surface area contributed by atoms with E-state index in [4.69, 9.17) is 11.2 Å². The lowest BCUT2D eigenvalue weighted by Crippen LogP contribution is -2.42. The highest BCUT2D eigenvalue weighted by atomic mass is 16.5. The quantitative estimate of drug-likeness (QED) is 0.592. The molecule has 2 bridgehead atoms. The normalized spacial score (nSPS) is 38.9. The number of terminal acetylenes is 1. The predicted octanol–water partition coefficient (Wildman–Crippen LogP) is 1.26. The Bertz CT molecular complexity index is 207. The summed E-state index contributed by atoms with van der Waals surface area (Å²) in [7, 11) is 2.24. The molecule has 0 aromatic carbocycles. The van der Waals surface area contributed by atoms with Crippen molar-refractivity contribution in [2.75, 3.05) is 13.7 Å². The van der Waals surface area contributed by atoms with Crippen molar-refractivity contribution in [3.63, 3.8) is 0 Å². The molecule has 0 radical (unpaired) electrons. The second kappa shape index (κ2) is 3.69. The van der Waals surface area contributed by atoms with Crippen LogP contribution in [-0.2, 0) is 4.74 Å². The molecular weight excluding hydrogens is 162 g/mol. The maximum absolute atomic E-state index is 5.60. The van der Waals surface area contributed by atoms with Crippen LogP contribution in [0.3, 0.4) is 0 Å². The number of rotatable bonds is 2. The van der Waals surface area contributed by atoms with E-state index < -0.39 is 0 Å². The fourth-order valence-corrected chi connectivity index (χ4v) is 2.66. The second-order valence-electron chi connectivity index (χ2n) is 4.16. The maximum Gasteiger partial charge on any atom is 0.107 e. The van der Waals surface area contributed by atoms with Gasteiger partial charge < -0.3 is 9.64 Å². The standard InChI is InChI=1S/C11H17NO/c1-3-6-13-11-7-9-4-5-10(8-11)12(9)2/h1,9-11H,4-8H2,2H3/t9-,10+,11?. The zero-order chi connectivity index (χ0) is 9.26. The van der Waals surface area contributed by atoms with Crippen molar-refractivity contribution in [2.45, 2.75) is 43.9 Å². The summed E-state index contributed by atoms with van der Waals surface area (Å²) in [4.78, 5) is 2.51. The number of fused-ring (bicyclic) bond motifs is 2. The molecule has 0 aromatic rings. The molecule has 0 aliphatic carbocycles. The molecule has 2 aliphatic heterocycles. The lowest BCUT2D eigenvalue weighted by atomic mass is 10.0. The summed E-state index contributed by atoms with van der Waals surface area (Å²) in [5.74, 6) is 2.54. The fourth-order valence-electron chi connectivity index (χ4n) is 2.66. The van der Waals surface area contributed by atoms with Crippen LogP contribution in [0.25, 0.3) is 0 Å². The molecule has 13 heavy (non-hydrogen) atoms. The van der Waals surface area contributed by atoms with Crippen molar-refractivity contribution in [3.05, 3.63) is 0 Å². The van der Waals surface area contributed by atoms with Crippen LogP contribution >= 0.6 is 0 Å². The molecule has 2 rings (SSSR count). The number of ether oxygens (including phenoxy) is 1. The van der Waals surface area contributed by atoms with Crippen LogP contribution in [0.4, 0.5) is 0 Å². The average molecular weight is 179 g/mol. The van der Waals surface area contributed by atoms with E-state index in [0.29, 0.717) is 12.7 Å². The Balaban J connectivity index is 1.88. The van der Waals surface area contributed by atoms with Crippen LogP contribution in [-0.4, -0.2) is 36.7 Å². The van der Waals surface area contributed by atoms with Gasteiger partial charge in [0.05, 0.1) is 6.10 Å². The molecule has 0 aromatic heterocycles. The molecule has 2 heteroatoms. The van der Waals surface area contributed by atoms with Gasteiger partial charge >= 0.3 is 0 Å². The first-order valence-electron chi connectivity index (χ1n) is 5.08. The van der Waals surface area contributed by atoms with Crippen LogP contribution in [0.1, 0.15) is 25.7 Å². The summed E-state index contributed by atoms with van der Waals surface area (Å²) in [5, 5.41) is 0. The van der Waals surface area contributed by atoms with Gasteiger partial charge in [0.15, 0.2) is 0 Å². The van der Waals surface area contributed by atoms with Gasteiger partial charge in [0.2, 0.25) is 0 Å². The average Bonchev–Trinajstić information content (AvgIpc) is 2.41. The third-order valence-electron chi connectivity index (χ3n) is 3.46. The van der Waals surface area contributed by atoms with E-state index in [9.17, 15) is 0 Å². The minimum atomic E-state index is 0.421. The molecule has 0 amide bonds. The summed E-state index contributed by atoms with van der Waals surface area (Å²) in [5.41, 5.74) is 0. The van der Waals surface area contributed by atoms with Crippen molar-refractivity contribution < 1.29 is 4.74 Å². The SMILES string of the molecule is C#CCOC1C[C@H]2CC[C@@H](C1)N2C. The van der Waals surface area contributed by atoms with Crippen molar-refractivity contribution >= 4 is 0 Å². The molecule has 2 nitrogen and oxygen atoms in total. The first-order chi connectivity index (χ1) is 6.31. The van der Waals surface area contributed by atoms with Gasteiger partial charge in [-0.3, -0.25) is 0 Å². The second-order valence-corrected chi connectivity index (χ2v) is 4.16. The zero-order valence-electron chi connectivity index (χ0n) is 8.20. The van der Waals surface area contributed by atoms with Gasteiger partial charge in [0.25, 0.3) is 0 Å². The molecule has 0 spiro atoms. The number of hydrogen-bond acceptors (Lipinski definition) is 2. The lowest BCUT2D eigenvalue weighted by molar-refractivity contribution is 0.00228. The van der Waals surface area contributed by atoms with Crippen molar-refractivity contribution in [1.82, 2.24) is 4.90 Å². The highest BCUT2D eigenvalue weighted by Gasteiger charge is 2.38. The van der Waals surface area contributed by atoms with Crippen LogP contribution < -0.4 is 0 Å². The Morgan fingerprint density at radius 3 is 2.54 bits per heavy atom. The minimum absolute atomic E-state index is 0.421. The van der Waals surface area contributed by atoms with E-state index in [2.05, 4.69) is 17.9 Å². The molecule has 72 valence electrons. The van der Waals surface area contributed by atoms with Crippen LogP contribution in [0.15, 0.2) is 0 Å². The Labute approximate surface area is 80.2 Å². The van der Waals surface area contributed by atoms with Gasteiger partial charge in [-0.05, 0) is 32.7 Å². The van der Waals surface area contributed by atoms with E-state index >= 15 is 0 Å². The first kappa shape index (κ1) is 9.05. The molecular formula is C11H17NO. The van der Waals surface area contributed by atoms with Crippen LogP contribution in [0, 0.1) is 12.3 Å². The zero-order valence-corrected chi connectivity index (χ0v) is 8.20. The molecule has 2 saturated heterocycles. The summed E-state index contributed by atoms with van der Waals surface area (Å²) < 4.78 is 5.60. The van der Waals surface area contributed by atoms with Gasteiger partial charge in [0, 0.05) is 12.1 Å². The molecule has 2 aliphatic rings. The Morgan fingerprint density at radius 1 is 1.38 bits per heavy atom. The smallest absolute Gasteiger partial charge is 0.107 e. The minimum Gasteiger partial charge on any atom is -0.365 e. The highest BCUT2D eigenvalue weighted by Crippen LogP contribution is 2.35. The maximum atomic E-state index is 5.60. The van der Waals surface area contributed by atoms with Crippen molar-refractivity contribution in [3.8, 4) is 12.3 Å². The molecule has 2 heterocycles. The third kappa shape index (κ3) is 1.72. The van der Waals surface area contributed by atoms with E-state index in [0.717, 1.165) is 12.1 Å². The molecule has 2 fully saturated rings. The Morgan fingerprint density at radius 2 is 2.00 bits per heavy atom. The monoisotopic (exact) mass is 179 g/mol. The van der Waals surface area contributed by atoms with Gasteiger partial charge in [-0.1, -0.05) is 5.92 Å². The van der Waals surface area contributed by atoms with Crippen LogP contribution in [0.2, 0.25) is 0 Å². The summed E-state index contributed by atoms with van der Waals surface area (Å²) >= 11 is 0. The summed E-state index contributed by atoms with van der Waals surface area (Å²) in [6, 6.07) is 1.50. The van der Waals surface area contributed by atoms with Gasteiger partial charge in [0.1, 0.15) is 6.61 Å². The largest absolute Gasteiger partial charge is 0.365 e. The van der Waals surface area contributed by atoms with Gasteiger partial charge in [-0.25, -0.2) is 0 Å². The molecule has 0 saturated carbocycles. The molecule has 0 N–H and O–H groups in total. The number of hydrogen-bond donors (Lipinski definition) is 0. The first-order valence-corrected chi connectivity index (χ1v) is 5.08. The Hall–Kier alpha value is -0.520. The predicted molar refractivity (Wildman–Crippen MR) is 52.4 cm³/mol. The topological polar surface area (TPSA) is 12.5 Å². The Kier molecular flexibility index (Phi) is 2.57. The number of piperidine rings is 1. The van der Waals surface area contributed by atoms with Crippen LogP contribution in [0.5, 0.6) is 0 Å². The van der Waals surface area contributed by atoms with Gasteiger partial charge in [-0.2, -0.15) is 0 Å². The van der Waals surface area contributed by atoms with E-state index in [-0.39, 0.29) is 0 Å². The van der Waals surface area contributed by atoms with Gasteiger partial charge in [-0.15, -0.1) is 6.42 Å². The van der Waals surface area contributed by atoms with Crippen molar-refractivity contribution in [2.24, 2.45) is 0 Å². The highest BCUT2D eigenvalue weighted by molar-refractivity contribution is 4.94. The molecule has 3 atom stereocenters. The van der Waals surface area contributed by atoms with Crippen molar-refractivity contribution in [1.29, 1.82) is 0 Å². The van der Waals surface area contributed by atoms with E-state index in [1.165, 1.54) is 25.7 Å². The molecule has 1 unspecified atom stereocenters. The summed E-state index contributed by atoms with van der Waals surface area (Å²) in [6.45, 7) is 0.480. The van der Waals surface area contributed by atoms with E-state index in [1.807, 2.05) is 0 Å². The lowest BCUT2D eigenvalue weighted by Gasteiger charge is -2.35. The van der Waals surface area contributed by atoms with E-state index in [1.54, 1.807) is 0 Å². The fraction of sp³-hybridized carbons (Fsp3) is 0.818. The third-order valence-corrected chi connectivity index (χ3v) is 3.46.